The van der Waals surface area contributed by atoms with Crippen LogP contribution in [-0.2, 0) is 29.4 Å². The molecule has 0 aliphatic heterocycles. The average molecular weight is 321 g/mol. The molecule has 0 saturated heterocycles. The van der Waals surface area contributed by atoms with Crippen molar-refractivity contribution in [3.8, 4) is 0 Å². The largest absolute Gasteiger partial charge is 0.475 e. The Balaban J connectivity index is 1.79. The number of hydrogen-bond donors (Lipinski definition) is 2. The Morgan fingerprint density at radius 3 is 2.77 bits per heavy atom. The van der Waals surface area contributed by atoms with E-state index in [4.69, 9.17) is 9.52 Å². The van der Waals surface area contributed by atoms with E-state index in [2.05, 4.69) is 4.72 Å². The van der Waals surface area contributed by atoms with Crippen LogP contribution >= 0.6 is 0 Å². The zero-order chi connectivity index (χ0) is 15.7. The highest BCUT2D eigenvalue weighted by Crippen LogP contribution is 2.24. The van der Waals surface area contributed by atoms with E-state index in [-0.39, 0.29) is 22.8 Å². The minimum absolute atomic E-state index is 0.127. The lowest BCUT2D eigenvalue weighted by Gasteiger charge is -2.08. The molecule has 22 heavy (non-hydrogen) atoms. The van der Waals surface area contributed by atoms with E-state index in [0.29, 0.717) is 0 Å². The van der Waals surface area contributed by atoms with E-state index in [9.17, 15) is 13.2 Å². The second-order valence-corrected chi connectivity index (χ2v) is 6.96. The number of aromatic carboxylic acids is 1. The van der Waals surface area contributed by atoms with Crippen molar-refractivity contribution >= 4 is 16.0 Å². The highest BCUT2D eigenvalue weighted by molar-refractivity contribution is 7.89. The van der Waals surface area contributed by atoms with Crippen LogP contribution in [0.5, 0.6) is 0 Å². The zero-order valence-corrected chi connectivity index (χ0v) is 12.5. The molecule has 1 aromatic carbocycles. The predicted molar refractivity (Wildman–Crippen MR) is 78.2 cm³/mol. The number of hydrogen-bond acceptors (Lipinski definition) is 4. The van der Waals surface area contributed by atoms with Crippen LogP contribution in [0.15, 0.2) is 39.8 Å². The first-order valence-electron chi connectivity index (χ1n) is 6.88. The lowest BCUT2D eigenvalue weighted by molar-refractivity contribution is 0.0660. The summed E-state index contributed by atoms with van der Waals surface area (Å²) in [7, 11) is -3.68. The molecule has 0 saturated carbocycles. The molecular formula is C15H15NO5S. The highest BCUT2D eigenvalue weighted by atomic mass is 32.2. The van der Waals surface area contributed by atoms with Gasteiger partial charge in [0.25, 0.3) is 0 Å². The van der Waals surface area contributed by atoms with Crippen LogP contribution in [0, 0.1) is 0 Å². The van der Waals surface area contributed by atoms with Crippen molar-refractivity contribution in [3.63, 3.8) is 0 Å². The van der Waals surface area contributed by atoms with Crippen molar-refractivity contribution < 1.29 is 22.7 Å². The summed E-state index contributed by atoms with van der Waals surface area (Å²) < 4.78 is 31.9. The first-order chi connectivity index (χ1) is 10.5. The number of fused-ring (bicyclic) bond motifs is 1. The third kappa shape index (κ3) is 2.77. The van der Waals surface area contributed by atoms with Crippen molar-refractivity contribution in [1.29, 1.82) is 0 Å². The number of carboxylic acids is 1. The Bertz CT molecular complexity index is 822. The topological polar surface area (TPSA) is 96.6 Å². The number of benzene rings is 1. The standard InChI is InChI=1S/C15H15NO5S/c17-15(18)14-12(6-7-21-14)9-16-22(19,20)13-5-4-10-2-1-3-11(10)8-13/h4-8,16H,1-3,9H2,(H,17,18). The molecule has 3 rings (SSSR count). The molecule has 0 spiro atoms. The molecule has 6 nitrogen and oxygen atoms in total. The van der Waals surface area contributed by atoms with Gasteiger partial charge < -0.3 is 9.52 Å². The van der Waals surface area contributed by atoms with Gasteiger partial charge in [0.15, 0.2) is 0 Å². The molecule has 1 aromatic heterocycles. The van der Waals surface area contributed by atoms with Crippen LogP contribution in [0.4, 0.5) is 0 Å². The molecule has 1 heterocycles. The van der Waals surface area contributed by atoms with Gasteiger partial charge in [-0.05, 0) is 48.6 Å². The molecule has 0 bridgehead atoms. The second kappa shape index (κ2) is 5.58. The maximum atomic E-state index is 12.3. The SMILES string of the molecule is O=C(O)c1occc1CNS(=O)(=O)c1ccc2c(c1)CCC2. The number of carboxylic acid groups (broad SMARTS) is 1. The van der Waals surface area contributed by atoms with Gasteiger partial charge in [0.2, 0.25) is 15.8 Å². The van der Waals surface area contributed by atoms with Crippen molar-refractivity contribution in [1.82, 2.24) is 4.72 Å². The molecule has 0 amide bonds. The molecule has 7 heteroatoms. The lowest BCUT2D eigenvalue weighted by atomic mass is 10.1. The fourth-order valence-electron chi connectivity index (χ4n) is 2.63. The summed E-state index contributed by atoms with van der Waals surface area (Å²) in [4.78, 5) is 11.1. The van der Waals surface area contributed by atoms with E-state index in [1.54, 1.807) is 12.1 Å². The van der Waals surface area contributed by atoms with E-state index in [0.717, 1.165) is 24.8 Å². The van der Waals surface area contributed by atoms with Gasteiger partial charge >= 0.3 is 5.97 Å². The summed E-state index contributed by atoms with van der Waals surface area (Å²) in [5, 5.41) is 8.94. The normalized spacial score (nSPS) is 14.0. The molecule has 1 aliphatic rings. The Morgan fingerprint density at radius 2 is 2.00 bits per heavy atom. The Kier molecular flexibility index (Phi) is 3.76. The van der Waals surface area contributed by atoms with E-state index in [1.807, 2.05) is 6.07 Å². The Morgan fingerprint density at radius 1 is 1.23 bits per heavy atom. The van der Waals surface area contributed by atoms with Crippen molar-refractivity contribution in [3.05, 3.63) is 53.0 Å². The average Bonchev–Trinajstić information content (AvgIpc) is 3.13. The molecule has 0 atom stereocenters. The quantitative estimate of drug-likeness (QED) is 0.877. The zero-order valence-electron chi connectivity index (χ0n) is 11.7. The summed E-state index contributed by atoms with van der Waals surface area (Å²) in [6.07, 6.45) is 4.15. The molecule has 0 unspecified atom stereocenters. The fraction of sp³-hybridized carbons (Fsp3) is 0.267. The molecule has 0 fully saturated rings. The number of carbonyl (C=O) groups is 1. The summed E-state index contributed by atoms with van der Waals surface area (Å²) in [6, 6.07) is 6.56. The molecule has 1 aliphatic carbocycles. The van der Waals surface area contributed by atoms with Gasteiger partial charge in [0.05, 0.1) is 11.2 Å². The minimum Gasteiger partial charge on any atom is -0.475 e. The monoisotopic (exact) mass is 321 g/mol. The van der Waals surface area contributed by atoms with Gasteiger partial charge in [-0.3, -0.25) is 0 Å². The summed E-state index contributed by atoms with van der Waals surface area (Å²) in [5.41, 5.74) is 2.55. The number of sulfonamides is 1. The molecule has 2 N–H and O–H groups in total. The predicted octanol–water partition coefficient (Wildman–Crippen LogP) is 1.95. The van der Waals surface area contributed by atoms with Gasteiger partial charge in [-0.25, -0.2) is 17.9 Å². The Labute approximate surface area is 127 Å². The maximum absolute atomic E-state index is 12.3. The second-order valence-electron chi connectivity index (χ2n) is 5.19. The number of aryl methyl sites for hydroxylation is 2. The number of nitrogens with one attached hydrogen (secondary N) is 1. The molecule has 0 radical (unpaired) electrons. The molecular weight excluding hydrogens is 306 g/mol. The van der Waals surface area contributed by atoms with Crippen molar-refractivity contribution in [2.75, 3.05) is 0 Å². The number of furan rings is 1. The lowest BCUT2D eigenvalue weighted by Crippen LogP contribution is -2.24. The third-order valence-corrected chi connectivity index (χ3v) is 5.17. The van der Waals surface area contributed by atoms with Crippen LogP contribution in [0.3, 0.4) is 0 Å². The van der Waals surface area contributed by atoms with Gasteiger partial charge in [-0.2, -0.15) is 0 Å². The first-order valence-corrected chi connectivity index (χ1v) is 8.37. The summed E-state index contributed by atoms with van der Waals surface area (Å²) in [5.74, 6) is -1.48. The van der Waals surface area contributed by atoms with Gasteiger partial charge in [-0.1, -0.05) is 6.07 Å². The van der Waals surface area contributed by atoms with Crippen molar-refractivity contribution in [2.24, 2.45) is 0 Å². The maximum Gasteiger partial charge on any atom is 0.372 e. The number of rotatable bonds is 5. The van der Waals surface area contributed by atoms with Gasteiger partial charge in [-0.15, -0.1) is 0 Å². The fourth-order valence-corrected chi connectivity index (χ4v) is 3.69. The van der Waals surface area contributed by atoms with Gasteiger partial charge in [0.1, 0.15) is 0 Å². The van der Waals surface area contributed by atoms with Gasteiger partial charge in [0, 0.05) is 12.1 Å². The van der Waals surface area contributed by atoms with E-state index in [1.165, 1.54) is 17.9 Å². The van der Waals surface area contributed by atoms with E-state index < -0.39 is 16.0 Å². The van der Waals surface area contributed by atoms with Crippen molar-refractivity contribution in [2.45, 2.75) is 30.7 Å². The highest BCUT2D eigenvalue weighted by Gasteiger charge is 2.20. The summed E-state index contributed by atoms with van der Waals surface area (Å²) >= 11 is 0. The molecule has 116 valence electrons. The molecule has 2 aromatic rings. The van der Waals surface area contributed by atoms with Crippen LogP contribution in [0.2, 0.25) is 0 Å². The summed E-state index contributed by atoms with van der Waals surface area (Å²) in [6.45, 7) is -0.127. The first kappa shape index (κ1) is 14.8. The third-order valence-electron chi connectivity index (χ3n) is 3.77. The van der Waals surface area contributed by atoms with Crippen LogP contribution < -0.4 is 4.72 Å². The minimum atomic E-state index is -3.68. The van der Waals surface area contributed by atoms with Crippen LogP contribution in [-0.4, -0.2) is 19.5 Å². The van der Waals surface area contributed by atoms with Crippen LogP contribution in [0.1, 0.15) is 33.7 Å². The Hall–Kier alpha value is -2.12. The van der Waals surface area contributed by atoms with Crippen LogP contribution in [0.25, 0.3) is 0 Å². The van der Waals surface area contributed by atoms with E-state index >= 15 is 0 Å². The smallest absolute Gasteiger partial charge is 0.372 e.